The van der Waals surface area contributed by atoms with Crippen molar-refractivity contribution in [3.05, 3.63) is 173 Å². The van der Waals surface area contributed by atoms with E-state index in [2.05, 4.69) is 127 Å². The van der Waals surface area contributed by atoms with Crippen molar-refractivity contribution in [2.45, 2.75) is 64.7 Å². The molecule has 0 saturated heterocycles. The van der Waals surface area contributed by atoms with Crippen LogP contribution in [0.2, 0.25) is 17.3 Å². The van der Waals surface area contributed by atoms with Gasteiger partial charge in [0.15, 0.2) is 0 Å². The fourth-order valence-electron chi connectivity index (χ4n) is 8.25. The zero-order valence-corrected chi connectivity index (χ0v) is 40.4. The van der Waals surface area contributed by atoms with Gasteiger partial charge in [-0.25, -0.2) is 4.39 Å². The fourth-order valence-corrected chi connectivity index (χ4v) is 12.9. The van der Waals surface area contributed by atoms with E-state index in [0.717, 1.165) is 67.1 Å². The van der Waals surface area contributed by atoms with Gasteiger partial charge in [-0.3, -0.25) is 4.98 Å². The van der Waals surface area contributed by atoms with Crippen LogP contribution >= 0.6 is 11.3 Å². The average molecular weight is 1030 g/mol. The van der Waals surface area contributed by atoms with Crippen molar-refractivity contribution in [3.8, 4) is 39.3 Å². The molecule has 0 atom stereocenters. The van der Waals surface area contributed by atoms with E-state index < -0.39 is 19.2 Å². The van der Waals surface area contributed by atoms with E-state index in [9.17, 15) is 4.39 Å². The minimum absolute atomic E-state index is 0. The summed E-state index contributed by atoms with van der Waals surface area (Å²) in [5.74, 6) is 7.23. The van der Waals surface area contributed by atoms with Crippen LogP contribution < -0.4 is 4.40 Å². The van der Waals surface area contributed by atoms with E-state index in [0.29, 0.717) is 0 Å². The molecule has 7 aromatic carbocycles. The molecule has 0 N–H and O–H groups in total. The van der Waals surface area contributed by atoms with Crippen LogP contribution in [-0.4, -0.2) is 22.8 Å². The molecule has 9 rings (SSSR count). The largest absolute Gasteiger partial charge is 3.00 e. The molecule has 6 heteroatoms. The molecule has 2 nitrogen and oxygen atoms in total. The maximum absolute atomic E-state index is 14.0. The molecule has 0 aliphatic carbocycles. The monoisotopic (exact) mass is 1030 g/mol. The van der Waals surface area contributed by atoms with Crippen molar-refractivity contribution >= 4 is 60.2 Å². The molecule has 9 aromatic rings. The standard InChI is InChI=1S/C35H26FN2S.C18H22Ge.Ir/c1-20-9-7-10-21(2)33(20)38-30-14-6-5-13-29(30)37-35(38)27-12-8-11-26-28-19-24(15-16-31(28)39-34(26)27)32-22(3)17-25(36)18-23(32)4;1-14(2)17-13-16(15-9-7-6-8-10-15)11-12-18(17)19(3,4)5;/h5-11,13-19H,1-4H3;6-9,12-14H,1-5H3;/q-1;-2;+3/i;14D;. The Kier molecular flexibility index (Phi) is 11.9. The molecule has 0 amide bonds. The summed E-state index contributed by atoms with van der Waals surface area (Å²) in [6.45, 7) is 12.2. The van der Waals surface area contributed by atoms with Gasteiger partial charge >= 0.3 is 141 Å². The van der Waals surface area contributed by atoms with E-state index in [1.54, 1.807) is 23.5 Å². The molecule has 0 fully saturated rings. The van der Waals surface area contributed by atoms with Gasteiger partial charge < -0.3 is 4.57 Å². The van der Waals surface area contributed by atoms with Crippen LogP contribution in [0.15, 0.2) is 121 Å². The number of imidazole rings is 1. The van der Waals surface area contributed by atoms with E-state index in [1.807, 2.05) is 64.1 Å². The molecule has 0 aliphatic rings. The average Bonchev–Trinajstić information content (AvgIpc) is 3.76. The molecule has 0 aliphatic heterocycles. The van der Waals surface area contributed by atoms with E-state index in [4.69, 9.17) is 6.35 Å². The van der Waals surface area contributed by atoms with Crippen LogP contribution in [0.3, 0.4) is 0 Å². The second-order valence-electron chi connectivity index (χ2n) is 16.5. The zero-order chi connectivity index (χ0) is 41.8. The number of aryl methyl sites for hydroxylation is 4. The SMILES string of the molecule is Cc1cc(F)cc(C)c1-c1ccc2sc3c(-c4nc5ccccc5n4-c4c(C)cccc4C)[c-]ccc3c2c1.[2H]C(C)(C)c1cc(-c2[c-]cccc2)[c-]c[c]1[Ge]([CH3])([CH3])[CH3].[Ir+3]. The molecule has 0 bridgehead atoms. The first-order valence-corrected chi connectivity index (χ1v) is 28.0. The number of fused-ring (bicyclic) bond motifs is 4. The van der Waals surface area contributed by atoms with Crippen LogP contribution in [0, 0.1) is 51.7 Å². The molecule has 296 valence electrons. The van der Waals surface area contributed by atoms with Gasteiger partial charge in [0, 0.05) is 10.4 Å². The number of thiophene rings is 1. The fraction of sp³-hybridized carbons (Fsp3) is 0.189. The van der Waals surface area contributed by atoms with Gasteiger partial charge in [-0.05, 0) is 108 Å². The van der Waals surface area contributed by atoms with E-state index in [1.165, 1.54) is 35.7 Å². The third-order valence-electron chi connectivity index (χ3n) is 11.0. The van der Waals surface area contributed by atoms with Gasteiger partial charge in [-0.1, -0.05) is 47.3 Å². The summed E-state index contributed by atoms with van der Waals surface area (Å²) in [4.78, 5) is 5.16. The first-order chi connectivity index (χ1) is 28.1. The summed E-state index contributed by atoms with van der Waals surface area (Å²) in [6, 6.07) is 51.2. The summed E-state index contributed by atoms with van der Waals surface area (Å²) in [5, 5.41) is 2.38. The number of benzene rings is 7. The number of hydrogen-bond acceptors (Lipinski definition) is 2. The van der Waals surface area contributed by atoms with Crippen molar-refractivity contribution in [2.24, 2.45) is 0 Å². The number of rotatable bonds is 6. The van der Waals surface area contributed by atoms with Gasteiger partial charge in [-0.15, -0.1) is 18.2 Å². The normalized spacial score (nSPS) is 12.0. The minimum atomic E-state index is -1.99. The van der Waals surface area contributed by atoms with Crippen LogP contribution in [0.4, 0.5) is 4.39 Å². The predicted molar refractivity (Wildman–Crippen MR) is 249 cm³/mol. The van der Waals surface area contributed by atoms with Crippen molar-refractivity contribution in [2.75, 3.05) is 0 Å². The van der Waals surface area contributed by atoms with Gasteiger partial charge in [0.05, 0.1) is 16.9 Å². The van der Waals surface area contributed by atoms with E-state index >= 15 is 0 Å². The van der Waals surface area contributed by atoms with Crippen LogP contribution in [0.5, 0.6) is 0 Å². The molecule has 0 radical (unpaired) electrons. The van der Waals surface area contributed by atoms with Gasteiger partial charge in [-0.2, -0.15) is 11.3 Å². The smallest absolute Gasteiger partial charge is 3.00 e. The van der Waals surface area contributed by atoms with Gasteiger partial charge in [0.2, 0.25) is 0 Å². The van der Waals surface area contributed by atoms with Crippen molar-refractivity contribution < 1.29 is 25.9 Å². The molecule has 2 aromatic heterocycles. The van der Waals surface area contributed by atoms with E-state index in [-0.39, 0.29) is 25.9 Å². The third kappa shape index (κ3) is 8.28. The van der Waals surface area contributed by atoms with Gasteiger partial charge in [0.1, 0.15) is 5.82 Å². The number of nitrogens with zero attached hydrogens (tertiary/aromatic N) is 2. The Morgan fingerprint density at radius 2 is 1.44 bits per heavy atom. The van der Waals surface area contributed by atoms with Crippen LogP contribution in [-0.2, 0) is 20.1 Å². The Hall–Kier alpha value is -4.65. The van der Waals surface area contributed by atoms with Crippen molar-refractivity contribution in [1.29, 1.82) is 0 Å². The molecule has 0 spiro atoms. The summed E-state index contributed by atoms with van der Waals surface area (Å²) in [5.41, 5.74) is 14.0. The number of para-hydroxylation sites is 3. The molecular weight excluding hydrogens is 980 g/mol. The van der Waals surface area contributed by atoms with Crippen molar-refractivity contribution in [3.63, 3.8) is 0 Å². The maximum Gasteiger partial charge on any atom is 3.00 e. The number of halogens is 1. The first kappa shape index (κ1) is 41.1. The van der Waals surface area contributed by atoms with Crippen molar-refractivity contribution in [1.82, 2.24) is 9.55 Å². The van der Waals surface area contributed by atoms with Crippen LogP contribution in [0.1, 0.15) is 48.9 Å². The second-order valence-corrected chi connectivity index (χ2v) is 28.1. The molecular formula is C53H48FGeIrN2S. The molecule has 59 heavy (non-hydrogen) atoms. The predicted octanol–water partition coefficient (Wildman–Crippen LogP) is 14.5. The summed E-state index contributed by atoms with van der Waals surface area (Å²) in [7, 11) is 0. The summed E-state index contributed by atoms with van der Waals surface area (Å²) >= 11 is -0.219. The van der Waals surface area contributed by atoms with Gasteiger partial charge in [0.25, 0.3) is 0 Å². The second kappa shape index (κ2) is 17.1. The Bertz CT molecular complexity index is 2980. The zero-order valence-electron chi connectivity index (χ0n) is 36.1. The third-order valence-corrected chi connectivity index (χ3v) is 16.4. The number of aromatic nitrogens is 2. The molecule has 2 heterocycles. The minimum Gasteiger partial charge on any atom is 3.00 e. The Morgan fingerprint density at radius 1 is 0.729 bits per heavy atom. The number of hydrogen-bond donors (Lipinski definition) is 0. The topological polar surface area (TPSA) is 17.8 Å². The Morgan fingerprint density at radius 3 is 2.12 bits per heavy atom. The maximum atomic E-state index is 14.0. The molecule has 0 saturated carbocycles. The quantitative estimate of drug-likeness (QED) is 0.120. The van der Waals surface area contributed by atoms with Crippen LogP contribution in [0.25, 0.3) is 70.5 Å². The summed E-state index contributed by atoms with van der Waals surface area (Å²) < 4.78 is 28.5. The summed E-state index contributed by atoms with van der Waals surface area (Å²) in [6.07, 6.45) is 0. The Labute approximate surface area is 370 Å². The first-order valence-electron chi connectivity index (χ1n) is 20.3. The Balaban J connectivity index is 0.000000220. The molecule has 0 unspecified atom stereocenters.